The van der Waals surface area contributed by atoms with Crippen molar-refractivity contribution in [2.75, 3.05) is 4.90 Å². The molecule has 0 aliphatic rings. The lowest BCUT2D eigenvalue weighted by atomic mass is 10.1. The molecule has 5 heteroatoms. The smallest absolute Gasteiger partial charge is 0.162 e. The fourth-order valence-electron chi connectivity index (χ4n) is 5.25. The van der Waals surface area contributed by atoms with Gasteiger partial charge in [0, 0.05) is 39.9 Å². The lowest BCUT2D eigenvalue weighted by Crippen LogP contribution is -2.10. The molecule has 0 radical (unpaired) electrons. The first-order chi connectivity index (χ1) is 18.3. The number of fused-ring (bicyclic) bond motifs is 7. The molecule has 4 aromatic heterocycles. The largest absolute Gasteiger partial charge is 0.454 e. The normalized spacial score (nSPS) is 11.8. The Bertz CT molecular complexity index is 2120. The molecule has 0 aliphatic heterocycles. The van der Waals surface area contributed by atoms with Crippen LogP contribution in [0.1, 0.15) is 0 Å². The zero-order valence-corrected chi connectivity index (χ0v) is 19.6. The SMILES string of the molecule is c1ccc2cc(N(c3ccc4oc5cccnc5c4c3)c3cncc4c3oc3ccccc34)ccc2c1. The van der Waals surface area contributed by atoms with E-state index in [-0.39, 0.29) is 0 Å². The van der Waals surface area contributed by atoms with E-state index in [2.05, 4.69) is 75.5 Å². The number of nitrogens with zero attached hydrogens (tertiary/aromatic N) is 3. The standard InChI is InChI=1S/C32H19N3O2/c1-2-7-21-16-22(12-11-20(21)6-1)35(23-13-14-29-25(17-23)31-30(36-29)10-5-15-34-31)27-19-33-18-26-24-8-3-4-9-28(24)37-32(26)27/h1-19H. The number of rotatable bonds is 3. The van der Waals surface area contributed by atoms with Crippen LogP contribution < -0.4 is 4.90 Å². The van der Waals surface area contributed by atoms with Gasteiger partial charge in [-0.2, -0.15) is 0 Å². The Morgan fingerprint density at radius 2 is 1.35 bits per heavy atom. The van der Waals surface area contributed by atoms with E-state index in [4.69, 9.17) is 8.83 Å². The molecule has 0 amide bonds. The number of hydrogen-bond acceptors (Lipinski definition) is 5. The first-order valence-electron chi connectivity index (χ1n) is 12.1. The minimum absolute atomic E-state index is 0.771. The Morgan fingerprint density at radius 3 is 2.32 bits per heavy atom. The second-order valence-corrected chi connectivity index (χ2v) is 9.13. The molecule has 0 spiro atoms. The van der Waals surface area contributed by atoms with Gasteiger partial charge in [0.05, 0.1) is 6.20 Å². The van der Waals surface area contributed by atoms with Crippen LogP contribution in [0.2, 0.25) is 0 Å². The highest BCUT2D eigenvalue weighted by atomic mass is 16.3. The van der Waals surface area contributed by atoms with Crippen molar-refractivity contribution in [3.8, 4) is 0 Å². The minimum Gasteiger partial charge on any atom is -0.454 e. The lowest BCUT2D eigenvalue weighted by molar-refractivity contribution is 0.668. The summed E-state index contributed by atoms with van der Waals surface area (Å²) in [6.45, 7) is 0. The topological polar surface area (TPSA) is 55.3 Å². The number of pyridine rings is 2. The summed E-state index contributed by atoms with van der Waals surface area (Å²) in [5, 5.41) is 5.34. The van der Waals surface area contributed by atoms with Gasteiger partial charge in [0.2, 0.25) is 0 Å². The van der Waals surface area contributed by atoms with Crippen LogP contribution in [0.15, 0.2) is 124 Å². The number of anilines is 3. The maximum atomic E-state index is 6.43. The van der Waals surface area contributed by atoms with Crippen LogP contribution in [-0.2, 0) is 0 Å². The van der Waals surface area contributed by atoms with Gasteiger partial charge in [-0.05, 0) is 59.3 Å². The van der Waals surface area contributed by atoms with E-state index in [1.165, 1.54) is 5.39 Å². The Morgan fingerprint density at radius 1 is 0.568 bits per heavy atom. The predicted molar refractivity (Wildman–Crippen MR) is 149 cm³/mol. The van der Waals surface area contributed by atoms with Gasteiger partial charge in [-0.15, -0.1) is 0 Å². The molecule has 37 heavy (non-hydrogen) atoms. The Labute approximate surface area is 211 Å². The number of furan rings is 2. The van der Waals surface area contributed by atoms with E-state index in [1.54, 1.807) is 6.20 Å². The van der Waals surface area contributed by atoms with Crippen LogP contribution in [0.4, 0.5) is 17.1 Å². The fraction of sp³-hybridized carbons (Fsp3) is 0. The van der Waals surface area contributed by atoms with Crippen molar-refractivity contribution in [2.45, 2.75) is 0 Å². The summed E-state index contributed by atoms with van der Waals surface area (Å²) in [6, 6.07) is 33.0. The maximum Gasteiger partial charge on any atom is 0.162 e. The minimum atomic E-state index is 0.771. The Kier molecular flexibility index (Phi) is 4.16. The molecular weight excluding hydrogens is 458 g/mol. The summed E-state index contributed by atoms with van der Waals surface area (Å²) in [6.07, 6.45) is 5.54. The first-order valence-corrected chi connectivity index (χ1v) is 12.1. The molecule has 0 fully saturated rings. The van der Waals surface area contributed by atoms with Crippen molar-refractivity contribution in [1.82, 2.24) is 9.97 Å². The molecule has 5 nitrogen and oxygen atoms in total. The number of benzene rings is 4. The zero-order chi connectivity index (χ0) is 24.3. The fourth-order valence-corrected chi connectivity index (χ4v) is 5.25. The molecule has 4 aromatic carbocycles. The van der Waals surface area contributed by atoms with Crippen LogP contribution in [0, 0.1) is 0 Å². The molecule has 8 aromatic rings. The van der Waals surface area contributed by atoms with Gasteiger partial charge in [0.1, 0.15) is 22.4 Å². The molecule has 0 unspecified atom stereocenters. The second-order valence-electron chi connectivity index (χ2n) is 9.13. The summed E-state index contributed by atoms with van der Waals surface area (Å²) in [5.41, 5.74) is 6.88. The van der Waals surface area contributed by atoms with Gasteiger partial charge in [-0.1, -0.05) is 48.5 Å². The predicted octanol–water partition coefficient (Wildman–Crippen LogP) is 8.90. The third kappa shape index (κ3) is 3.04. The van der Waals surface area contributed by atoms with Gasteiger partial charge in [0.25, 0.3) is 0 Å². The molecule has 0 saturated carbocycles. The van der Waals surface area contributed by atoms with Crippen LogP contribution in [0.3, 0.4) is 0 Å². The molecule has 0 N–H and O–H groups in total. The summed E-state index contributed by atoms with van der Waals surface area (Å²) in [5.74, 6) is 0. The van der Waals surface area contributed by atoms with Gasteiger partial charge >= 0.3 is 0 Å². The molecular formula is C32H19N3O2. The Balaban J connectivity index is 1.44. The monoisotopic (exact) mass is 477 g/mol. The Hall–Kier alpha value is -5.16. The van der Waals surface area contributed by atoms with Crippen molar-refractivity contribution in [2.24, 2.45) is 0 Å². The molecule has 8 rings (SSSR count). The average molecular weight is 478 g/mol. The molecule has 0 saturated heterocycles. The molecule has 0 atom stereocenters. The van der Waals surface area contributed by atoms with Crippen LogP contribution in [-0.4, -0.2) is 9.97 Å². The number of para-hydroxylation sites is 1. The van der Waals surface area contributed by atoms with Crippen molar-refractivity contribution in [1.29, 1.82) is 0 Å². The van der Waals surface area contributed by atoms with E-state index in [9.17, 15) is 0 Å². The van der Waals surface area contributed by atoms with Crippen molar-refractivity contribution >= 4 is 71.8 Å². The van der Waals surface area contributed by atoms with Crippen LogP contribution >= 0.6 is 0 Å². The van der Waals surface area contributed by atoms with E-state index in [0.29, 0.717) is 0 Å². The second kappa shape index (κ2) is 7.67. The number of hydrogen-bond donors (Lipinski definition) is 0. The molecule has 0 bridgehead atoms. The average Bonchev–Trinajstić information content (AvgIpc) is 3.52. The summed E-state index contributed by atoms with van der Waals surface area (Å²) >= 11 is 0. The zero-order valence-electron chi connectivity index (χ0n) is 19.6. The molecule has 4 heterocycles. The van der Waals surface area contributed by atoms with E-state index in [0.717, 1.165) is 66.5 Å². The summed E-state index contributed by atoms with van der Waals surface area (Å²) in [4.78, 5) is 11.4. The van der Waals surface area contributed by atoms with Crippen molar-refractivity contribution in [3.05, 3.63) is 116 Å². The first kappa shape index (κ1) is 20.1. The number of aromatic nitrogens is 2. The van der Waals surface area contributed by atoms with Crippen molar-refractivity contribution < 1.29 is 8.83 Å². The lowest BCUT2D eigenvalue weighted by Gasteiger charge is -2.25. The third-order valence-corrected chi connectivity index (χ3v) is 6.97. The maximum absolute atomic E-state index is 6.43. The van der Waals surface area contributed by atoms with E-state index < -0.39 is 0 Å². The highest BCUT2D eigenvalue weighted by Crippen LogP contribution is 2.43. The third-order valence-electron chi connectivity index (χ3n) is 6.97. The van der Waals surface area contributed by atoms with Gasteiger partial charge in [-0.3, -0.25) is 9.97 Å². The quantitative estimate of drug-likeness (QED) is 0.254. The molecule has 0 aliphatic carbocycles. The summed E-state index contributed by atoms with van der Waals surface area (Å²) < 4.78 is 12.5. The van der Waals surface area contributed by atoms with Gasteiger partial charge in [0.15, 0.2) is 11.2 Å². The summed E-state index contributed by atoms with van der Waals surface area (Å²) in [7, 11) is 0. The van der Waals surface area contributed by atoms with Gasteiger partial charge in [-0.25, -0.2) is 0 Å². The van der Waals surface area contributed by atoms with Crippen LogP contribution in [0.5, 0.6) is 0 Å². The molecule has 174 valence electrons. The van der Waals surface area contributed by atoms with E-state index in [1.807, 2.05) is 48.8 Å². The van der Waals surface area contributed by atoms with Crippen LogP contribution in [0.25, 0.3) is 54.8 Å². The van der Waals surface area contributed by atoms with E-state index >= 15 is 0 Å². The highest BCUT2D eigenvalue weighted by molar-refractivity contribution is 6.10. The van der Waals surface area contributed by atoms with Crippen molar-refractivity contribution in [3.63, 3.8) is 0 Å². The van der Waals surface area contributed by atoms with Gasteiger partial charge < -0.3 is 13.7 Å². The highest BCUT2D eigenvalue weighted by Gasteiger charge is 2.21.